The number of benzene rings is 2. The topological polar surface area (TPSA) is 27.1 Å². The third kappa shape index (κ3) is 4.38. The molecule has 0 aliphatic carbocycles. The van der Waals surface area contributed by atoms with Gasteiger partial charge in [-0.2, -0.15) is 5.10 Å². The summed E-state index contributed by atoms with van der Waals surface area (Å²) in [7, 11) is 1.86. The summed E-state index contributed by atoms with van der Waals surface area (Å²) in [6, 6.07) is 17.3. The summed E-state index contributed by atoms with van der Waals surface area (Å²) in [5.74, 6) is 6.94. The molecule has 1 heterocycles. The van der Waals surface area contributed by atoms with Crippen LogP contribution in [0.5, 0.6) is 5.75 Å². The highest BCUT2D eigenvalue weighted by Gasteiger charge is 2.00. The molecule has 0 bridgehead atoms. The summed E-state index contributed by atoms with van der Waals surface area (Å²) >= 11 is 6.17. The first-order chi connectivity index (χ1) is 11.2. The van der Waals surface area contributed by atoms with Gasteiger partial charge in [-0.25, -0.2) is 0 Å². The molecule has 0 aliphatic heterocycles. The predicted octanol–water partition coefficient (Wildman–Crippen LogP) is 4.05. The smallest absolute Gasteiger partial charge is 0.135 e. The Morgan fingerprint density at radius 3 is 2.65 bits per heavy atom. The normalized spacial score (nSPS) is 10.0. The molecule has 0 amide bonds. The van der Waals surface area contributed by atoms with Crippen molar-refractivity contribution in [2.24, 2.45) is 7.05 Å². The first-order valence-electron chi connectivity index (χ1n) is 7.18. The second-order valence-electron chi connectivity index (χ2n) is 5.07. The third-order valence-electron chi connectivity index (χ3n) is 3.15. The first-order valence-corrected chi connectivity index (χ1v) is 7.56. The molecule has 0 unspecified atom stereocenters. The van der Waals surface area contributed by atoms with Crippen LogP contribution in [0.25, 0.3) is 0 Å². The molecule has 1 aromatic heterocycles. The van der Waals surface area contributed by atoms with Crippen LogP contribution in [0.1, 0.15) is 16.8 Å². The standard InChI is InChI=1S/C19H15ClN2O/c1-22-10-9-18(21-22)8-7-15-11-16(13-17(20)12-15)14-23-19-5-3-2-4-6-19/h2-6,9-13H,14H2,1H3. The second-order valence-corrected chi connectivity index (χ2v) is 5.51. The van der Waals surface area contributed by atoms with E-state index in [0.29, 0.717) is 11.6 Å². The fraction of sp³-hybridized carbons (Fsp3) is 0.105. The molecule has 0 radical (unpaired) electrons. The van der Waals surface area contributed by atoms with E-state index in [-0.39, 0.29) is 0 Å². The lowest BCUT2D eigenvalue weighted by Gasteiger charge is -2.07. The highest BCUT2D eigenvalue weighted by Crippen LogP contribution is 2.17. The zero-order chi connectivity index (χ0) is 16.1. The molecule has 3 aromatic rings. The van der Waals surface area contributed by atoms with Crippen LogP contribution < -0.4 is 4.74 Å². The summed E-state index contributed by atoms with van der Waals surface area (Å²) < 4.78 is 7.47. The lowest BCUT2D eigenvalue weighted by Crippen LogP contribution is -1.96. The Bertz CT molecular complexity index is 860. The van der Waals surface area contributed by atoms with Crippen LogP contribution in [0.2, 0.25) is 5.02 Å². The van der Waals surface area contributed by atoms with E-state index in [1.807, 2.05) is 67.8 Å². The zero-order valence-corrected chi connectivity index (χ0v) is 13.4. The molecule has 114 valence electrons. The molecule has 0 saturated carbocycles. The third-order valence-corrected chi connectivity index (χ3v) is 3.37. The van der Waals surface area contributed by atoms with Gasteiger partial charge in [0.2, 0.25) is 0 Å². The van der Waals surface area contributed by atoms with Crippen molar-refractivity contribution in [1.82, 2.24) is 9.78 Å². The first kappa shape index (κ1) is 15.2. The lowest BCUT2D eigenvalue weighted by atomic mass is 10.1. The molecule has 4 heteroatoms. The van der Waals surface area contributed by atoms with E-state index in [2.05, 4.69) is 16.9 Å². The minimum Gasteiger partial charge on any atom is -0.489 e. The number of hydrogen-bond donors (Lipinski definition) is 0. The Hall–Kier alpha value is -2.70. The average Bonchev–Trinajstić information content (AvgIpc) is 2.97. The average molecular weight is 323 g/mol. The van der Waals surface area contributed by atoms with E-state index < -0.39 is 0 Å². The molecule has 0 aliphatic rings. The Morgan fingerprint density at radius 2 is 1.91 bits per heavy atom. The molecule has 0 saturated heterocycles. The van der Waals surface area contributed by atoms with Gasteiger partial charge in [0.15, 0.2) is 0 Å². The van der Waals surface area contributed by atoms with Crippen molar-refractivity contribution in [3.63, 3.8) is 0 Å². The Kier molecular flexibility index (Phi) is 4.65. The van der Waals surface area contributed by atoms with Crippen molar-refractivity contribution in [2.45, 2.75) is 6.61 Å². The van der Waals surface area contributed by atoms with Crippen LogP contribution >= 0.6 is 11.6 Å². The van der Waals surface area contributed by atoms with Crippen LogP contribution in [0, 0.1) is 11.8 Å². The van der Waals surface area contributed by atoms with Crippen LogP contribution in [0.3, 0.4) is 0 Å². The van der Waals surface area contributed by atoms with Crippen molar-refractivity contribution >= 4 is 11.6 Å². The number of aromatic nitrogens is 2. The van der Waals surface area contributed by atoms with E-state index in [1.165, 1.54) is 0 Å². The molecule has 0 fully saturated rings. The van der Waals surface area contributed by atoms with Gasteiger partial charge < -0.3 is 4.74 Å². The van der Waals surface area contributed by atoms with Crippen molar-refractivity contribution in [2.75, 3.05) is 0 Å². The summed E-state index contributed by atoms with van der Waals surface area (Å²) in [5, 5.41) is 4.88. The Labute approximate surface area is 140 Å². The molecule has 3 nitrogen and oxygen atoms in total. The van der Waals surface area contributed by atoms with Crippen LogP contribution in [-0.4, -0.2) is 9.78 Å². The summed E-state index contributed by atoms with van der Waals surface area (Å²) in [6.45, 7) is 0.447. The molecule has 0 spiro atoms. The van der Waals surface area contributed by atoms with E-state index in [9.17, 15) is 0 Å². The van der Waals surface area contributed by atoms with Crippen molar-refractivity contribution in [3.05, 3.63) is 82.6 Å². The number of halogens is 1. The van der Waals surface area contributed by atoms with Crippen LogP contribution in [-0.2, 0) is 13.7 Å². The maximum Gasteiger partial charge on any atom is 0.135 e. The number of para-hydroxylation sites is 1. The number of nitrogens with zero attached hydrogens (tertiary/aromatic N) is 2. The summed E-state index contributed by atoms with van der Waals surface area (Å²) in [4.78, 5) is 0. The Balaban J connectivity index is 1.75. The molecule has 3 rings (SSSR count). The fourth-order valence-corrected chi connectivity index (χ4v) is 2.36. The minimum atomic E-state index is 0.447. The monoisotopic (exact) mass is 322 g/mol. The molecule has 23 heavy (non-hydrogen) atoms. The molecular weight excluding hydrogens is 308 g/mol. The van der Waals surface area contributed by atoms with E-state index in [4.69, 9.17) is 16.3 Å². The molecular formula is C19H15ClN2O. The van der Waals surface area contributed by atoms with Gasteiger partial charge in [-0.15, -0.1) is 0 Å². The van der Waals surface area contributed by atoms with Gasteiger partial charge in [-0.05, 0) is 47.9 Å². The van der Waals surface area contributed by atoms with Crippen LogP contribution in [0.15, 0.2) is 60.8 Å². The Morgan fingerprint density at radius 1 is 1.09 bits per heavy atom. The van der Waals surface area contributed by atoms with Gasteiger partial charge in [-0.3, -0.25) is 4.68 Å². The maximum absolute atomic E-state index is 6.17. The van der Waals surface area contributed by atoms with E-state index >= 15 is 0 Å². The van der Waals surface area contributed by atoms with Crippen molar-refractivity contribution < 1.29 is 4.74 Å². The summed E-state index contributed by atoms with van der Waals surface area (Å²) in [6.07, 6.45) is 1.86. The lowest BCUT2D eigenvalue weighted by molar-refractivity contribution is 0.306. The quantitative estimate of drug-likeness (QED) is 0.680. The van der Waals surface area contributed by atoms with Gasteiger partial charge in [0.05, 0.1) is 0 Å². The summed E-state index contributed by atoms with van der Waals surface area (Å²) in [5.41, 5.74) is 2.55. The number of hydrogen-bond acceptors (Lipinski definition) is 2. The highest BCUT2D eigenvalue weighted by molar-refractivity contribution is 6.30. The van der Waals surface area contributed by atoms with Gasteiger partial charge in [0, 0.05) is 23.8 Å². The number of rotatable bonds is 3. The SMILES string of the molecule is Cn1ccc(C#Cc2cc(Cl)cc(COc3ccccc3)c2)n1. The van der Waals surface area contributed by atoms with E-state index in [1.54, 1.807) is 4.68 Å². The zero-order valence-electron chi connectivity index (χ0n) is 12.7. The molecule has 0 N–H and O–H groups in total. The highest BCUT2D eigenvalue weighted by atomic mass is 35.5. The fourth-order valence-electron chi connectivity index (χ4n) is 2.11. The van der Waals surface area contributed by atoms with Crippen molar-refractivity contribution in [3.8, 4) is 17.6 Å². The largest absolute Gasteiger partial charge is 0.489 e. The number of ether oxygens (including phenoxy) is 1. The van der Waals surface area contributed by atoms with E-state index in [0.717, 1.165) is 22.6 Å². The minimum absolute atomic E-state index is 0.447. The maximum atomic E-state index is 6.17. The molecule has 2 aromatic carbocycles. The number of aryl methyl sites for hydroxylation is 1. The van der Waals surface area contributed by atoms with Gasteiger partial charge in [0.1, 0.15) is 18.1 Å². The second kappa shape index (κ2) is 7.04. The predicted molar refractivity (Wildman–Crippen MR) is 91.4 cm³/mol. The molecule has 0 atom stereocenters. The van der Waals surface area contributed by atoms with Gasteiger partial charge in [0.25, 0.3) is 0 Å². The van der Waals surface area contributed by atoms with Gasteiger partial charge >= 0.3 is 0 Å². The van der Waals surface area contributed by atoms with Gasteiger partial charge in [-0.1, -0.05) is 35.7 Å². The van der Waals surface area contributed by atoms with Crippen LogP contribution in [0.4, 0.5) is 0 Å². The van der Waals surface area contributed by atoms with Crippen molar-refractivity contribution in [1.29, 1.82) is 0 Å².